The molecule has 0 aliphatic carbocycles. The van der Waals surface area contributed by atoms with Crippen molar-refractivity contribution in [3.63, 3.8) is 0 Å². The van der Waals surface area contributed by atoms with Gasteiger partial charge in [-0.3, -0.25) is 0 Å². The van der Waals surface area contributed by atoms with Gasteiger partial charge in [0.15, 0.2) is 0 Å². The molecule has 0 radical (unpaired) electrons. The van der Waals surface area contributed by atoms with E-state index in [-0.39, 0.29) is 0 Å². The van der Waals surface area contributed by atoms with Gasteiger partial charge in [-0.2, -0.15) is 0 Å². The van der Waals surface area contributed by atoms with Crippen molar-refractivity contribution in [2.75, 3.05) is 27.3 Å². The highest BCUT2D eigenvalue weighted by Crippen LogP contribution is 2.42. The van der Waals surface area contributed by atoms with Crippen LogP contribution in [0, 0.1) is 0 Å². The van der Waals surface area contributed by atoms with Crippen molar-refractivity contribution in [3.05, 3.63) is 22.2 Å². The maximum atomic E-state index is 10.7. The van der Waals surface area contributed by atoms with Crippen molar-refractivity contribution in [1.82, 2.24) is 5.32 Å². The first-order valence-electron chi connectivity index (χ1n) is 6.82. The SMILES string of the molecule is CCCNCCC(C)(O)c1ccc(OC)c(Br)c1OC. The van der Waals surface area contributed by atoms with E-state index in [2.05, 4.69) is 28.2 Å². The molecule has 4 nitrogen and oxygen atoms in total. The Morgan fingerprint density at radius 3 is 2.50 bits per heavy atom. The van der Waals surface area contributed by atoms with Gasteiger partial charge in [0.2, 0.25) is 0 Å². The maximum absolute atomic E-state index is 10.7. The van der Waals surface area contributed by atoms with Crippen molar-refractivity contribution < 1.29 is 14.6 Å². The Kier molecular flexibility index (Phi) is 6.79. The van der Waals surface area contributed by atoms with Crippen molar-refractivity contribution in [2.45, 2.75) is 32.3 Å². The zero-order chi connectivity index (χ0) is 15.2. The lowest BCUT2D eigenvalue weighted by Crippen LogP contribution is -2.28. The average molecular weight is 346 g/mol. The summed E-state index contributed by atoms with van der Waals surface area (Å²) in [4.78, 5) is 0. The van der Waals surface area contributed by atoms with Gasteiger partial charge < -0.3 is 19.9 Å². The van der Waals surface area contributed by atoms with Crippen LogP contribution in [0.15, 0.2) is 16.6 Å². The summed E-state index contributed by atoms with van der Waals surface area (Å²) < 4.78 is 11.4. The molecule has 0 saturated carbocycles. The van der Waals surface area contributed by atoms with Crippen LogP contribution < -0.4 is 14.8 Å². The Morgan fingerprint density at radius 1 is 1.25 bits per heavy atom. The second kappa shape index (κ2) is 7.86. The Morgan fingerprint density at radius 2 is 1.95 bits per heavy atom. The Hall–Kier alpha value is -0.780. The minimum Gasteiger partial charge on any atom is -0.495 e. The third kappa shape index (κ3) is 4.11. The van der Waals surface area contributed by atoms with Crippen molar-refractivity contribution in [2.24, 2.45) is 0 Å². The lowest BCUT2D eigenvalue weighted by molar-refractivity contribution is 0.0454. The van der Waals surface area contributed by atoms with Crippen molar-refractivity contribution >= 4 is 15.9 Å². The molecule has 114 valence electrons. The molecule has 20 heavy (non-hydrogen) atoms. The minimum atomic E-state index is -0.957. The van der Waals surface area contributed by atoms with E-state index in [1.54, 1.807) is 21.1 Å². The molecule has 1 unspecified atom stereocenters. The summed E-state index contributed by atoms with van der Waals surface area (Å²) in [5, 5.41) is 14.0. The van der Waals surface area contributed by atoms with E-state index < -0.39 is 5.60 Å². The normalized spacial score (nSPS) is 13.9. The number of hydrogen-bond acceptors (Lipinski definition) is 4. The number of methoxy groups -OCH3 is 2. The Balaban J connectivity index is 2.96. The quantitative estimate of drug-likeness (QED) is 0.711. The van der Waals surface area contributed by atoms with Crippen LogP contribution in [0.2, 0.25) is 0 Å². The van der Waals surface area contributed by atoms with Crippen molar-refractivity contribution in [3.8, 4) is 11.5 Å². The summed E-state index contributed by atoms with van der Waals surface area (Å²) in [5.74, 6) is 1.30. The lowest BCUT2D eigenvalue weighted by Gasteiger charge is -2.27. The molecule has 5 heteroatoms. The average Bonchev–Trinajstić information content (AvgIpc) is 2.43. The molecule has 0 amide bonds. The summed E-state index contributed by atoms with van der Waals surface area (Å²) in [6.07, 6.45) is 1.70. The monoisotopic (exact) mass is 345 g/mol. The standard InChI is InChI=1S/C15H24BrNO3/c1-5-9-17-10-8-15(2,18)11-6-7-12(19-3)13(16)14(11)20-4/h6-7,17-18H,5,8-10H2,1-4H3. The van der Waals surface area contributed by atoms with Gasteiger partial charge in [-0.15, -0.1) is 0 Å². The smallest absolute Gasteiger partial charge is 0.142 e. The lowest BCUT2D eigenvalue weighted by atomic mass is 9.91. The zero-order valence-corrected chi connectivity index (χ0v) is 14.2. The minimum absolute atomic E-state index is 0.613. The first-order valence-corrected chi connectivity index (χ1v) is 7.61. The fourth-order valence-corrected chi connectivity index (χ4v) is 2.76. The van der Waals surface area contributed by atoms with Gasteiger partial charge in [0.1, 0.15) is 16.0 Å². The third-order valence-electron chi connectivity index (χ3n) is 3.28. The van der Waals surface area contributed by atoms with E-state index in [4.69, 9.17) is 9.47 Å². The predicted molar refractivity (Wildman–Crippen MR) is 84.6 cm³/mol. The number of hydrogen-bond donors (Lipinski definition) is 2. The molecule has 1 aromatic carbocycles. The number of aliphatic hydroxyl groups is 1. The van der Waals surface area contributed by atoms with Gasteiger partial charge in [-0.25, -0.2) is 0 Å². The number of benzene rings is 1. The van der Waals surface area contributed by atoms with Gasteiger partial charge in [-0.1, -0.05) is 6.92 Å². The second-order valence-electron chi connectivity index (χ2n) is 4.94. The number of halogens is 1. The number of ether oxygens (including phenoxy) is 2. The van der Waals surface area contributed by atoms with Crippen LogP contribution in [0.3, 0.4) is 0 Å². The van der Waals surface area contributed by atoms with Gasteiger partial charge >= 0.3 is 0 Å². The Bertz CT molecular complexity index is 435. The van der Waals surface area contributed by atoms with Crippen LogP contribution in [0.5, 0.6) is 11.5 Å². The predicted octanol–water partition coefficient (Wildman–Crippen LogP) is 3.06. The molecular formula is C15H24BrNO3. The molecule has 0 bridgehead atoms. The summed E-state index contributed by atoms with van der Waals surface area (Å²) in [6, 6.07) is 3.68. The highest BCUT2D eigenvalue weighted by Gasteiger charge is 2.28. The van der Waals surface area contributed by atoms with E-state index in [1.807, 2.05) is 12.1 Å². The van der Waals surface area contributed by atoms with Crippen LogP contribution in [0.25, 0.3) is 0 Å². The first-order chi connectivity index (χ1) is 9.47. The number of rotatable bonds is 8. The van der Waals surface area contributed by atoms with Crippen LogP contribution >= 0.6 is 15.9 Å². The van der Waals surface area contributed by atoms with Crippen LogP contribution in [0.1, 0.15) is 32.3 Å². The molecule has 1 aromatic rings. The van der Waals surface area contributed by atoms with Gasteiger partial charge in [0.25, 0.3) is 0 Å². The molecule has 0 fully saturated rings. The molecule has 0 aliphatic heterocycles. The second-order valence-corrected chi connectivity index (χ2v) is 5.73. The van der Waals surface area contributed by atoms with E-state index >= 15 is 0 Å². The van der Waals surface area contributed by atoms with Gasteiger partial charge in [-0.05, 0) is 60.9 Å². The molecule has 0 saturated heterocycles. The molecule has 1 atom stereocenters. The highest BCUT2D eigenvalue weighted by molar-refractivity contribution is 9.10. The summed E-state index contributed by atoms with van der Waals surface area (Å²) in [7, 11) is 3.19. The maximum Gasteiger partial charge on any atom is 0.142 e. The van der Waals surface area contributed by atoms with E-state index in [9.17, 15) is 5.11 Å². The molecule has 0 aromatic heterocycles. The largest absolute Gasteiger partial charge is 0.495 e. The highest BCUT2D eigenvalue weighted by atomic mass is 79.9. The summed E-state index contributed by atoms with van der Waals surface area (Å²) in [5.41, 5.74) is -0.202. The first kappa shape index (κ1) is 17.3. The molecular weight excluding hydrogens is 322 g/mol. The number of nitrogens with one attached hydrogen (secondary N) is 1. The zero-order valence-electron chi connectivity index (χ0n) is 12.6. The summed E-state index contributed by atoms with van der Waals surface area (Å²) >= 11 is 3.46. The van der Waals surface area contributed by atoms with Gasteiger partial charge in [0, 0.05) is 5.56 Å². The van der Waals surface area contributed by atoms with Crippen LogP contribution in [-0.2, 0) is 5.60 Å². The van der Waals surface area contributed by atoms with Crippen LogP contribution in [0.4, 0.5) is 0 Å². The third-order valence-corrected chi connectivity index (χ3v) is 4.03. The Labute approximate surface area is 129 Å². The fourth-order valence-electron chi connectivity index (χ4n) is 2.09. The van der Waals surface area contributed by atoms with E-state index in [0.29, 0.717) is 17.9 Å². The molecule has 0 spiro atoms. The molecule has 0 heterocycles. The van der Waals surface area contributed by atoms with Crippen LogP contribution in [-0.4, -0.2) is 32.4 Å². The van der Waals surface area contributed by atoms with Crippen molar-refractivity contribution in [1.29, 1.82) is 0 Å². The van der Waals surface area contributed by atoms with Gasteiger partial charge in [0.05, 0.1) is 19.8 Å². The fraction of sp³-hybridized carbons (Fsp3) is 0.600. The summed E-state index contributed by atoms with van der Waals surface area (Å²) in [6.45, 7) is 5.64. The molecule has 2 N–H and O–H groups in total. The molecule has 0 aliphatic rings. The topological polar surface area (TPSA) is 50.7 Å². The molecule has 1 rings (SSSR count). The van der Waals surface area contributed by atoms with E-state index in [0.717, 1.165) is 29.5 Å². The van der Waals surface area contributed by atoms with E-state index in [1.165, 1.54) is 0 Å².